The first-order chi connectivity index (χ1) is 13.0. The van der Waals surface area contributed by atoms with Gasteiger partial charge in [0.15, 0.2) is 5.82 Å². The molecule has 3 aromatic rings. The molecule has 4 rings (SSSR count). The molecule has 0 radical (unpaired) electrons. The molecule has 7 nitrogen and oxygen atoms in total. The van der Waals surface area contributed by atoms with E-state index in [2.05, 4.69) is 20.6 Å². The maximum Gasteiger partial charge on any atom is 0.232 e. The van der Waals surface area contributed by atoms with E-state index in [-0.39, 0.29) is 11.8 Å². The van der Waals surface area contributed by atoms with Crippen LogP contribution in [0.5, 0.6) is 5.75 Å². The third kappa shape index (κ3) is 3.83. The molecule has 2 N–H and O–H groups in total. The van der Waals surface area contributed by atoms with Crippen molar-refractivity contribution in [2.45, 2.75) is 31.6 Å². The molecule has 2 heterocycles. The van der Waals surface area contributed by atoms with E-state index < -0.39 is 0 Å². The fourth-order valence-electron chi connectivity index (χ4n) is 2.89. The van der Waals surface area contributed by atoms with Crippen molar-refractivity contribution < 1.29 is 9.53 Å². The lowest BCUT2D eigenvalue weighted by atomic mass is 10.0. The molecule has 1 atom stereocenters. The number of nitrogens with one attached hydrogen (secondary N) is 2. The zero-order chi connectivity index (χ0) is 19.0. The van der Waals surface area contributed by atoms with Gasteiger partial charge in [-0.3, -0.25) is 9.89 Å². The molecule has 1 amide bonds. The number of amides is 1. The summed E-state index contributed by atoms with van der Waals surface area (Å²) >= 11 is 6.12. The number of methoxy groups -OCH3 is 1. The molecule has 2 aromatic heterocycles. The van der Waals surface area contributed by atoms with Gasteiger partial charge in [-0.15, -0.1) is 0 Å². The predicted octanol–water partition coefficient (Wildman–Crippen LogP) is 3.88. The molecule has 0 unspecified atom stereocenters. The molecular formula is C19H20ClN5O2. The minimum absolute atomic E-state index is 0.132. The lowest BCUT2D eigenvalue weighted by molar-refractivity contribution is -0.117. The van der Waals surface area contributed by atoms with Gasteiger partial charge in [0, 0.05) is 40.5 Å². The number of aromatic nitrogens is 4. The number of nitrogens with zero attached hydrogens (tertiary/aromatic N) is 3. The van der Waals surface area contributed by atoms with Crippen molar-refractivity contribution >= 4 is 23.3 Å². The Kier molecular flexibility index (Phi) is 4.61. The molecule has 0 spiro atoms. The molecule has 1 aliphatic rings. The maximum atomic E-state index is 12.6. The van der Waals surface area contributed by atoms with Crippen LogP contribution in [-0.4, -0.2) is 33.0 Å². The van der Waals surface area contributed by atoms with Crippen molar-refractivity contribution in [1.29, 1.82) is 0 Å². The van der Waals surface area contributed by atoms with Crippen molar-refractivity contribution in [3.63, 3.8) is 0 Å². The van der Waals surface area contributed by atoms with E-state index in [1.165, 1.54) is 12.8 Å². The third-order valence-electron chi connectivity index (χ3n) is 4.72. The smallest absolute Gasteiger partial charge is 0.232 e. The standard InChI is InChI=1S/C19H20ClN5O2/c1-11(19(26)22-18-8-17(23-24-18)12-3-4-12)13-9-21-25(10-13)15-5-14(20)6-16(7-15)27-2/h5-12H,3-4H2,1-2H3,(H2,22,23,24,26)/t11-/m0/s1. The molecule has 0 bridgehead atoms. The van der Waals surface area contributed by atoms with Gasteiger partial charge >= 0.3 is 0 Å². The Bertz CT molecular complexity index is 976. The number of carbonyl (C=O) groups is 1. The summed E-state index contributed by atoms with van der Waals surface area (Å²) in [6.45, 7) is 1.84. The number of carbonyl (C=O) groups excluding carboxylic acids is 1. The zero-order valence-corrected chi connectivity index (χ0v) is 15.8. The summed E-state index contributed by atoms with van der Waals surface area (Å²) < 4.78 is 6.91. The zero-order valence-electron chi connectivity index (χ0n) is 15.1. The molecule has 1 aliphatic carbocycles. The highest BCUT2D eigenvalue weighted by Crippen LogP contribution is 2.39. The summed E-state index contributed by atoms with van der Waals surface area (Å²) in [5.74, 6) is 1.26. The fourth-order valence-corrected chi connectivity index (χ4v) is 3.11. The van der Waals surface area contributed by atoms with Crippen LogP contribution in [0.4, 0.5) is 5.82 Å². The van der Waals surface area contributed by atoms with Gasteiger partial charge in [0.1, 0.15) is 5.75 Å². The molecular weight excluding hydrogens is 366 g/mol. The van der Waals surface area contributed by atoms with Crippen molar-refractivity contribution in [2.24, 2.45) is 0 Å². The lowest BCUT2D eigenvalue weighted by Gasteiger charge is -2.09. The number of rotatable bonds is 6. The number of aromatic amines is 1. The van der Waals surface area contributed by atoms with Gasteiger partial charge in [-0.1, -0.05) is 11.6 Å². The van der Waals surface area contributed by atoms with E-state index in [0.29, 0.717) is 22.5 Å². The van der Waals surface area contributed by atoms with Gasteiger partial charge in [0.05, 0.1) is 24.9 Å². The summed E-state index contributed by atoms with van der Waals surface area (Å²) in [5.41, 5.74) is 2.64. The second kappa shape index (κ2) is 7.08. The molecule has 0 aliphatic heterocycles. The molecule has 1 aromatic carbocycles. The SMILES string of the molecule is COc1cc(Cl)cc(-n2cc([C@H](C)C(=O)Nc3cc(C4CC4)[nH]n3)cn2)c1. The number of ether oxygens (including phenoxy) is 1. The van der Waals surface area contributed by atoms with Gasteiger partial charge in [-0.2, -0.15) is 10.2 Å². The number of benzene rings is 1. The number of anilines is 1. The van der Waals surface area contributed by atoms with Crippen LogP contribution in [0.1, 0.15) is 42.9 Å². The van der Waals surface area contributed by atoms with Gasteiger partial charge in [0.2, 0.25) is 5.91 Å². The summed E-state index contributed by atoms with van der Waals surface area (Å²) in [5, 5.41) is 14.9. The third-order valence-corrected chi connectivity index (χ3v) is 4.94. The van der Waals surface area contributed by atoms with E-state index in [1.807, 2.05) is 25.3 Å². The summed E-state index contributed by atoms with van der Waals surface area (Å²) in [4.78, 5) is 12.6. The minimum atomic E-state index is -0.374. The monoisotopic (exact) mass is 385 g/mol. The van der Waals surface area contributed by atoms with Crippen molar-refractivity contribution in [3.05, 3.63) is 52.9 Å². The quantitative estimate of drug-likeness (QED) is 0.674. The first-order valence-corrected chi connectivity index (χ1v) is 9.17. The van der Waals surface area contributed by atoms with Crippen LogP contribution in [0.3, 0.4) is 0 Å². The van der Waals surface area contributed by atoms with Gasteiger partial charge in [-0.05, 0) is 31.9 Å². The van der Waals surface area contributed by atoms with Gasteiger partial charge in [0.25, 0.3) is 0 Å². The Labute approximate surface area is 161 Å². The Morgan fingerprint density at radius 1 is 1.37 bits per heavy atom. The molecule has 1 fully saturated rings. The van der Waals surface area contributed by atoms with E-state index in [4.69, 9.17) is 16.3 Å². The number of hydrogen-bond acceptors (Lipinski definition) is 4. The summed E-state index contributed by atoms with van der Waals surface area (Å²) in [6, 6.07) is 7.25. The topological polar surface area (TPSA) is 84.8 Å². The van der Waals surface area contributed by atoms with E-state index in [0.717, 1.165) is 16.9 Å². The van der Waals surface area contributed by atoms with Crippen molar-refractivity contribution in [2.75, 3.05) is 12.4 Å². The van der Waals surface area contributed by atoms with Crippen LogP contribution < -0.4 is 10.1 Å². The molecule has 27 heavy (non-hydrogen) atoms. The average Bonchev–Trinajstić information content (AvgIpc) is 3.20. The van der Waals surface area contributed by atoms with Crippen LogP contribution in [0.2, 0.25) is 5.02 Å². The van der Waals surface area contributed by atoms with Crippen LogP contribution in [-0.2, 0) is 4.79 Å². The molecule has 0 saturated heterocycles. The Balaban J connectivity index is 1.48. The van der Waals surface area contributed by atoms with E-state index >= 15 is 0 Å². The lowest BCUT2D eigenvalue weighted by Crippen LogP contribution is -2.18. The second-order valence-corrected chi connectivity index (χ2v) is 7.20. The van der Waals surface area contributed by atoms with E-state index in [1.54, 1.807) is 30.1 Å². The van der Waals surface area contributed by atoms with Crippen LogP contribution in [0.15, 0.2) is 36.7 Å². The van der Waals surface area contributed by atoms with Crippen LogP contribution >= 0.6 is 11.6 Å². The normalized spacial score (nSPS) is 14.8. The highest BCUT2D eigenvalue weighted by atomic mass is 35.5. The van der Waals surface area contributed by atoms with Crippen LogP contribution in [0, 0.1) is 0 Å². The highest BCUT2D eigenvalue weighted by Gasteiger charge is 2.26. The van der Waals surface area contributed by atoms with Crippen molar-refractivity contribution in [1.82, 2.24) is 20.0 Å². The Morgan fingerprint density at radius 2 is 2.19 bits per heavy atom. The highest BCUT2D eigenvalue weighted by molar-refractivity contribution is 6.30. The number of halogens is 1. The van der Waals surface area contributed by atoms with Gasteiger partial charge in [-0.25, -0.2) is 4.68 Å². The Hall–Kier alpha value is -2.80. The molecule has 8 heteroatoms. The second-order valence-electron chi connectivity index (χ2n) is 6.76. The number of hydrogen-bond donors (Lipinski definition) is 2. The Morgan fingerprint density at radius 3 is 2.93 bits per heavy atom. The minimum Gasteiger partial charge on any atom is -0.497 e. The first-order valence-electron chi connectivity index (χ1n) is 8.79. The molecule has 140 valence electrons. The summed E-state index contributed by atoms with van der Waals surface area (Å²) in [6.07, 6.45) is 5.85. The van der Waals surface area contributed by atoms with Gasteiger partial charge < -0.3 is 10.1 Å². The summed E-state index contributed by atoms with van der Waals surface area (Å²) in [7, 11) is 1.58. The maximum absolute atomic E-state index is 12.6. The van der Waals surface area contributed by atoms with Crippen molar-refractivity contribution in [3.8, 4) is 11.4 Å². The largest absolute Gasteiger partial charge is 0.497 e. The fraction of sp³-hybridized carbons (Fsp3) is 0.316. The van der Waals surface area contributed by atoms with Crippen LogP contribution in [0.25, 0.3) is 5.69 Å². The average molecular weight is 386 g/mol. The van der Waals surface area contributed by atoms with E-state index in [9.17, 15) is 4.79 Å². The number of H-pyrrole nitrogens is 1. The predicted molar refractivity (Wildman–Crippen MR) is 103 cm³/mol. The molecule has 1 saturated carbocycles. The first kappa shape index (κ1) is 17.6.